The highest BCUT2D eigenvalue weighted by Crippen LogP contribution is 2.34. The number of hydrogen-bond donors (Lipinski definition) is 1. The summed E-state index contributed by atoms with van der Waals surface area (Å²) in [5.41, 5.74) is 2.95. The Kier molecular flexibility index (Phi) is 4.02. The number of aryl methyl sites for hydroxylation is 3. The summed E-state index contributed by atoms with van der Waals surface area (Å²) in [4.78, 5) is 23.5. The highest BCUT2D eigenvalue weighted by atomic mass is 16.1. The first-order chi connectivity index (χ1) is 11.0. The average molecular weight is 314 g/mol. The minimum Gasteiger partial charge on any atom is -0.359 e. The Bertz CT molecular complexity index is 705. The molecule has 0 aromatic carbocycles. The van der Waals surface area contributed by atoms with Gasteiger partial charge in [0.1, 0.15) is 0 Å². The molecule has 2 aromatic rings. The van der Waals surface area contributed by atoms with Gasteiger partial charge in [0.2, 0.25) is 11.9 Å². The van der Waals surface area contributed by atoms with Crippen molar-refractivity contribution in [1.29, 1.82) is 0 Å². The van der Waals surface area contributed by atoms with Crippen molar-refractivity contribution in [3.8, 4) is 0 Å². The Morgan fingerprint density at radius 2 is 1.96 bits per heavy atom. The van der Waals surface area contributed by atoms with Gasteiger partial charge in [-0.1, -0.05) is 0 Å². The van der Waals surface area contributed by atoms with Crippen molar-refractivity contribution in [1.82, 2.24) is 25.1 Å². The van der Waals surface area contributed by atoms with Gasteiger partial charge in [-0.25, -0.2) is 9.97 Å². The van der Waals surface area contributed by atoms with Crippen LogP contribution in [0.1, 0.15) is 22.9 Å². The van der Waals surface area contributed by atoms with E-state index in [4.69, 9.17) is 0 Å². The summed E-state index contributed by atoms with van der Waals surface area (Å²) in [6.07, 6.45) is 3.82. The number of rotatable bonds is 3. The molecular weight excluding hydrogens is 292 g/mol. The molecule has 122 valence electrons. The molecule has 1 aliphatic rings. The topological polar surface area (TPSA) is 75.9 Å². The number of carbonyl (C=O) groups excluding carboxylic acids is 1. The number of amides is 1. The van der Waals surface area contributed by atoms with Gasteiger partial charge in [-0.15, -0.1) is 0 Å². The van der Waals surface area contributed by atoms with E-state index in [0.717, 1.165) is 17.0 Å². The molecule has 1 aliphatic heterocycles. The first-order valence-electron chi connectivity index (χ1n) is 7.75. The number of nitrogens with zero attached hydrogens (tertiary/aromatic N) is 5. The van der Waals surface area contributed by atoms with Crippen LogP contribution in [0.25, 0.3) is 0 Å². The largest absolute Gasteiger partial charge is 0.359 e. The fraction of sp³-hybridized carbons (Fsp3) is 0.500. The molecule has 2 aromatic heterocycles. The van der Waals surface area contributed by atoms with Crippen molar-refractivity contribution in [3.05, 3.63) is 35.4 Å². The van der Waals surface area contributed by atoms with Crippen LogP contribution in [0.5, 0.6) is 0 Å². The van der Waals surface area contributed by atoms with E-state index in [2.05, 4.69) is 25.3 Å². The van der Waals surface area contributed by atoms with Gasteiger partial charge in [-0.05, 0) is 25.5 Å². The zero-order chi connectivity index (χ0) is 16.6. The molecule has 0 radical (unpaired) electrons. The van der Waals surface area contributed by atoms with E-state index in [1.807, 2.05) is 39.4 Å². The zero-order valence-electron chi connectivity index (χ0n) is 13.9. The Morgan fingerprint density at radius 3 is 2.52 bits per heavy atom. The molecule has 23 heavy (non-hydrogen) atoms. The lowest BCUT2D eigenvalue weighted by Crippen LogP contribution is -2.32. The highest BCUT2D eigenvalue weighted by molar-refractivity contribution is 5.81. The predicted octanol–water partition coefficient (Wildman–Crippen LogP) is 0.793. The molecule has 0 saturated carbocycles. The SMILES string of the molecule is CNC(=O)[C@H]1CN(c2nc(C)cc(C)n2)C[C@@H]1c1cnn(C)c1. The molecule has 1 saturated heterocycles. The lowest BCUT2D eigenvalue weighted by molar-refractivity contribution is -0.124. The standard InChI is InChI=1S/C16H22N6O/c1-10-5-11(2)20-16(19-10)22-8-13(12-6-18-21(4)7-12)14(9-22)15(23)17-3/h5-7,13-14H,8-9H2,1-4H3,(H,17,23)/t13-,14+/m1/s1. The van der Waals surface area contributed by atoms with E-state index in [0.29, 0.717) is 19.0 Å². The zero-order valence-corrected chi connectivity index (χ0v) is 13.9. The molecule has 0 unspecified atom stereocenters. The van der Waals surface area contributed by atoms with Gasteiger partial charge in [0.25, 0.3) is 0 Å². The van der Waals surface area contributed by atoms with Crippen LogP contribution >= 0.6 is 0 Å². The van der Waals surface area contributed by atoms with Crippen molar-refractivity contribution in [2.75, 3.05) is 25.0 Å². The van der Waals surface area contributed by atoms with Crippen LogP contribution in [-0.4, -0.2) is 45.8 Å². The van der Waals surface area contributed by atoms with Crippen molar-refractivity contribution < 1.29 is 4.79 Å². The monoisotopic (exact) mass is 314 g/mol. The summed E-state index contributed by atoms with van der Waals surface area (Å²) in [6, 6.07) is 1.95. The van der Waals surface area contributed by atoms with Crippen molar-refractivity contribution >= 4 is 11.9 Å². The van der Waals surface area contributed by atoms with Gasteiger partial charge >= 0.3 is 0 Å². The maximum atomic E-state index is 12.3. The van der Waals surface area contributed by atoms with E-state index >= 15 is 0 Å². The summed E-state index contributed by atoms with van der Waals surface area (Å²) < 4.78 is 1.77. The minimum atomic E-state index is -0.131. The predicted molar refractivity (Wildman–Crippen MR) is 87.2 cm³/mol. The molecule has 1 fully saturated rings. The van der Waals surface area contributed by atoms with Crippen molar-refractivity contribution in [3.63, 3.8) is 0 Å². The van der Waals surface area contributed by atoms with Gasteiger partial charge in [0.15, 0.2) is 0 Å². The number of nitrogens with one attached hydrogen (secondary N) is 1. The van der Waals surface area contributed by atoms with E-state index in [1.54, 1.807) is 11.7 Å². The minimum absolute atomic E-state index is 0.0470. The molecule has 1 amide bonds. The van der Waals surface area contributed by atoms with E-state index in [1.165, 1.54) is 0 Å². The van der Waals surface area contributed by atoms with Crippen molar-refractivity contribution in [2.24, 2.45) is 13.0 Å². The van der Waals surface area contributed by atoms with Crippen LogP contribution in [0.2, 0.25) is 0 Å². The Hall–Kier alpha value is -2.44. The molecular formula is C16H22N6O. The Balaban J connectivity index is 1.92. The van der Waals surface area contributed by atoms with Crippen LogP contribution < -0.4 is 10.2 Å². The Morgan fingerprint density at radius 1 is 1.26 bits per heavy atom. The maximum absolute atomic E-state index is 12.3. The summed E-state index contributed by atoms with van der Waals surface area (Å²) in [7, 11) is 3.57. The normalized spacial score (nSPS) is 20.8. The van der Waals surface area contributed by atoms with E-state index in [-0.39, 0.29) is 17.7 Å². The molecule has 2 atom stereocenters. The van der Waals surface area contributed by atoms with Crippen molar-refractivity contribution in [2.45, 2.75) is 19.8 Å². The second-order valence-electron chi connectivity index (χ2n) is 6.13. The third kappa shape index (κ3) is 3.04. The van der Waals surface area contributed by atoms with Crippen LogP contribution in [0.15, 0.2) is 18.5 Å². The van der Waals surface area contributed by atoms with Crippen LogP contribution in [-0.2, 0) is 11.8 Å². The maximum Gasteiger partial charge on any atom is 0.225 e. The second kappa shape index (κ2) is 5.98. The second-order valence-corrected chi connectivity index (χ2v) is 6.13. The molecule has 3 heterocycles. The van der Waals surface area contributed by atoms with Crippen LogP contribution in [0.4, 0.5) is 5.95 Å². The Labute approximate surface area is 135 Å². The molecule has 0 bridgehead atoms. The van der Waals surface area contributed by atoms with Crippen LogP contribution in [0.3, 0.4) is 0 Å². The van der Waals surface area contributed by atoms with Gasteiger partial charge in [0, 0.05) is 50.7 Å². The van der Waals surface area contributed by atoms with Gasteiger partial charge in [-0.2, -0.15) is 5.10 Å². The third-order valence-electron chi connectivity index (χ3n) is 4.31. The highest BCUT2D eigenvalue weighted by Gasteiger charge is 2.39. The smallest absolute Gasteiger partial charge is 0.225 e. The summed E-state index contributed by atoms with van der Waals surface area (Å²) in [5, 5.41) is 7.02. The average Bonchev–Trinajstić information content (AvgIpc) is 3.11. The summed E-state index contributed by atoms with van der Waals surface area (Å²) >= 11 is 0. The number of hydrogen-bond acceptors (Lipinski definition) is 5. The molecule has 7 nitrogen and oxygen atoms in total. The molecule has 3 rings (SSSR count). The number of anilines is 1. The van der Waals surface area contributed by atoms with Gasteiger partial charge in [-0.3, -0.25) is 9.48 Å². The first kappa shape index (κ1) is 15.5. The lowest BCUT2D eigenvalue weighted by atomic mass is 9.90. The van der Waals surface area contributed by atoms with Gasteiger partial charge in [0.05, 0.1) is 12.1 Å². The van der Waals surface area contributed by atoms with Crippen LogP contribution in [0, 0.1) is 19.8 Å². The third-order valence-corrected chi connectivity index (χ3v) is 4.31. The van der Waals surface area contributed by atoms with E-state index in [9.17, 15) is 4.79 Å². The molecule has 1 N–H and O–H groups in total. The summed E-state index contributed by atoms with van der Waals surface area (Å²) in [5.74, 6) is 0.704. The number of aromatic nitrogens is 4. The fourth-order valence-electron chi connectivity index (χ4n) is 3.24. The quantitative estimate of drug-likeness (QED) is 0.906. The summed E-state index contributed by atoms with van der Waals surface area (Å²) in [6.45, 7) is 5.25. The fourth-order valence-corrected chi connectivity index (χ4v) is 3.24. The first-order valence-corrected chi connectivity index (χ1v) is 7.75. The molecule has 7 heteroatoms. The molecule has 0 spiro atoms. The molecule has 0 aliphatic carbocycles. The van der Waals surface area contributed by atoms with Gasteiger partial charge < -0.3 is 10.2 Å². The lowest BCUT2D eigenvalue weighted by Gasteiger charge is -2.16. The van der Waals surface area contributed by atoms with E-state index < -0.39 is 0 Å². The number of carbonyl (C=O) groups is 1.